The summed E-state index contributed by atoms with van der Waals surface area (Å²) < 4.78 is 47.1. The van der Waals surface area contributed by atoms with Gasteiger partial charge in [0.05, 0.1) is 17.7 Å². The van der Waals surface area contributed by atoms with Crippen molar-refractivity contribution < 1.29 is 32.6 Å². The van der Waals surface area contributed by atoms with Crippen LogP contribution in [0.2, 0.25) is 5.02 Å². The smallest absolute Gasteiger partial charge is 0.430 e. The van der Waals surface area contributed by atoms with Crippen molar-refractivity contribution in [1.82, 2.24) is 9.80 Å². The second-order valence-corrected chi connectivity index (χ2v) is 11.0. The van der Waals surface area contributed by atoms with Gasteiger partial charge in [-0.25, -0.2) is 0 Å². The quantitative estimate of drug-likeness (QED) is 0.374. The van der Waals surface area contributed by atoms with E-state index in [1.807, 2.05) is 13.0 Å². The van der Waals surface area contributed by atoms with Crippen molar-refractivity contribution in [1.29, 1.82) is 0 Å². The van der Waals surface area contributed by atoms with Crippen molar-refractivity contribution in [3.8, 4) is 5.75 Å². The van der Waals surface area contributed by atoms with Crippen molar-refractivity contribution in [2.75, 3.05) is 39.6 Å². The van der Waals surface area contributed by atoms with Crippen molar-refractivity contribution in [2.24, 2.45) is 5.92 Å². The van der Waals surface area contributed by atoms with Crippen LogP contribution in [0.4, 0.5) is 18.9 Å². The Bertz CT molecular complexity index is 1190. The maximum absolute atomic E-state index is 14.0. The van der Waals surface area contributed by atoms with Gasteiger partial charge in [0.25, 0.3) is 17.4 Å². The largest absolute Gasteiger partial charge is 0.497 e. The molecule has 2 aromatic rings. The molecule has 11 heteroatoms. The van der Waals surface area contributed by atoms with Crippen LogP contribution in [0.15, 0.2) is 42.5 Å². The first kappa shape index (κ1) is 31.5. The standard InChI is InChI=1S/C29H37ClF3N3O4/c1-19(34-22-11-12-24(25(30)18-22)26(37)35(2)3)7-5-8-20-13-15-36(16-14-20)27(38)28(39,29(31,32)33)21-9-6-10-23(17-21)40-4/h6,9-12,17-20,34,39H,5,7-8,13-16H2,1-4H3/t19-,28?/m0/s1. The minimum Gasteiger partial charge on any atom is -0.497 e. The summed E-state index contributed by atoms with van der Waals surface area (Å²) in [6, 6.07) is 10.3. The highest BCUT2D eigenvalue weighted by Gasteiger charge is 2.62. The molecule has 0 saturated carbocycles. The molecule has 2 amide bonds. The Morgan fingerprint density at radius 3 is 2.42 bits per heavy atom. The summed E-state index contributed by atoms with van der Waals surface area (Å²) in [5, 5.41) is 14.5. The van der Waals surface area contributed by atoms with Crippen LogP contribution in [0.5, 0.6) is 5.75 Å². The zero-order valence-corrected chi connectivity index (χ0v) is 24.0. The number of carbonyl (C=O) groups excluding carboxylic acids is 2. The summed E-state index contributed by atoms with van der Waals surface area (Å²) in [5.74, 6) is -1.13. The SMILES string of the molecule is COc1cccc(C(O)(C(=O)N2CCC(CCC[C@H](C)Nc3ccc(C(=O)N(C)C)c(Cl)c3)CC2)C(F)(F)F)c1. The van der Waals surface area contributed by atoms with E-state index >= 15 is 0 Å². The van der Waals surface area contributed by atoms with Crippen molar-refractivity contribution in [3.05, 3.63) is 58.6 Å². The number of ether oxygens (including phenoxy) is 1. The number of hydrogen-bond donors (Lipinski definition) is 2. The van der Waals surface area contributed by atoms with Gasteiger partial charge in [0.2, 0.25) is 0 Å². The molecule has 1 fully saturated rings. The lowest BCUT2D eigenvalue weighted by molar-refractivity contribution is -0.262. The fourth-order valence-corrected chi connectivity index (χ4v) is 5.26. The molecule has 220 valence electrons. The lowest BCUT2D eigenvalue weighted by Crippen LogP contribution is -2.57. The summed E-state index contributed by atoms with van der Waals surface area (Å²) in [7, 11) is 4.64. The van der Waals surface area contributed by atoms with Gasteiger partial charge in [-0.15, -0.1) is 0 Å². The average Bonchev–Trinajstić information content (AvgIpc) is 2.91. The van der Waals surface area contributed by atoms with E-state index in [0.29, 0.717) is 23.4 Å². The number of anilines is 1. The molecule has 3 rings (SSSR count). The molecule has 2 atom stereocenters. The molecule has 7 nitrogen and oxygen atoms in total. The van der Waals surface area contributed by atoms with Crippen LogP contribution in [0.25, 0.3) is 0 Å². The number of aliphatic hydroxyl groups is 1. The van der Waals surface area contributed by atoms with Crippen molar-refractivity contribution in [3.63, 3.8) is 0 Å². The number of carbonyl (C=O) groups is 2. The van der Waals surface area contributed by atoms with Gasteiger partial charge in [0.15, 0.2) is 0 Å². The van der Waals surface area contributed by atoms with E-state index in [0.717, 1.165) is 42.0 Å². The Balaban J connectivity index is 1.51. The highest BCUT2D eigenvalue weighted by Crippen LogP contribution is 2.42. The fourth-order valence-electron chi connectivity index (χ4n) is 5.00. The zero-order valence-electron chi connectivity index (χ0n) is 23.2. The highest BCUT2D eigenvalue weighted by molar-refractivity contribution is 6.34. The topological polar surface area (TPSA) is 82.1 Å². The van der Waals surface area contributed by atoms with Gasteiger partial charge in [0, 0.05) is 44.5 Å². The van der Waals surface area contributed by atoms with Crippen LogP contribution < -0.4 is 10.1 Å². The Morgan fingerprint density at radius 2 is 1.85 bits per heavy atom. The summed E-state index contributed by atoms with van der Waals surface area (Å²) in [6.45, 7) is 2.34. The van der Waals surface area contributed by atoms with E-state index in [4.69, 9.17) is 16.3 Å². The Morgan fingerprint density at radius 1 is 1.18 bits per heavy atom. The predicted molar refractivity (Wildman–Crippen MR) is 149 cm³/mol. The maximum Gasteiger partial charge on any atom is 0.430 e. The number of rotatable bonds is 10. The molecule has 2 aromatic carbocycles. The number of amides is 2. The molecule has 0 bridgehead atoms. The number of nitrogens with zero attached hydrogens (tertiary/aromatic N) is 2. The van der Waals surface area contributed by atoms with Gasteiger partial charge < -0.3 is 25.0 Å². The minimum atomic E-state index is -5.19. The number of hydrogen-bond acceptors (Lipinski definition) is 5. The third-order valence-corrected chi connectivity index (χ3v) is 7.69. The van der Waals surface area contributed by atoms with E-state index in [1.54, 1.807) is 26.2 Å². The Hall–Kier alpha value is -2.98. The molecule has 1 saturated heterocycles. The monoisotopic (exact) mass is 583 g/mol. The molecule has 40 heavy (non-hydrogen) atoms. The van der Waals surface area contributed by atoms with Crippen LogP contribution in [0, 0.1) is 5.92 Å². The van der Waals surface area contributed by atoms with Gasteiger partial charge in [0.1, 0.15) is 5.75 Å². The van der Waals surface area contributed by atoms with Gasteiger partial charge in [-0.1, -0.05) is 36.6 Å². The Kier molecular flexibility index (Phi) is 10.3. The minimum absolute atomic E-state index is 0.120. The van der Waals surface area contributed by atoms with Crippen molar-refractivity contribution >= 4 is 29.1 Å². The summed E-state index contributed by atoms with van der Waals surface area (Å²) in [6.07, 6.45) is -1.42. The molecule has 1 heterocycles. The first-order valence-corrected chi connectivity index (χ1v) is 13.7. The molecule has 0 aliphatic carbocycles. The molecular formula is C29H37ClF3N3O4. The van der Waals surface area contributed by atoms with Gasteiger partial charge >= 0.3 is 6.18 Å². The van der Waals surface area contributed by atoms with Gasteiger partial charge in [-0.2, -0.15) is 13.2 Å². The lowest BCUT2D eigenvalue weighted by atomic mass is 9.87. The lowest BCUT2D eigenvalue weighted by Gasteiger charge is -2.38. The summed E-state index contributed by atoms with van der Waals surface area (Å²) in [5.41, 5.74) is -2.95. The third-order valence-electron chi connectivity index (χ3n) is 7.38. The molecule has 0 spiro atoms. The predicted octanol–water partition coefficient (Wildman–Crippen LogP) is 5.71. The molecule has 0 aromatic heterocycles. The molecule has 0 radical (unpaired) electrons. The van der Waals surface area contributed by atoms with Gasteiger partial charge in [-0.3, -0.25) is 9.59 Å². The number of likely N-dealkylation sites (tertiary alicyclic amines) is 1. The van der Waals surface area contributed by atoms with Crippen LogP contribution in [-0.4, -0.2) is 73.2 Å². The first-order chi connectivity index (χ1) is 18.8. The van der Waals surface area contributed by atoms with E-state index in [1.165, 1.54) is 24.1 Å². The molecule has 1 unspecified atom stereocenters. The van der Waals surface area contributed by atoms with E-state index in [9.17, 15) is 27.9 Å². The molecule has 2 N–H and O–H groups in total. The van der Waals surface area contributed by atoms with E-state index in [-0.39, 0.29) is 36.7 Å². The second kappa shape index (κ2) is 13.1. The van der Waals surface area contributed by atoms with Crippen LogP contribution >= 0.6 is 11.6 Å². The second-order valence-electron chi connectivity index (χ2n) is 10.5. The summed E-state index contributed by atoms with van der Waals surface area (Å²) in [4.78, 5) is 27.8. The molecule has 1 aliphatic rings. The van der Waals surface area contributed by atoms with E-state index < -0.39 is 23.2 Å². The Labute approximate surface area is 238 Å². The summed E-state index contributed by atoms with van der Waals surface area (Å²) >= 11 is 6.29. The number of methoxy groups -OCH3 is 1. The number of alkyl halides is 3. The molecule has 1 aliphatic heterocycles. The normalized spacial score (nSPS) is 16.7. The fraction of sp³-hybridized carbons (Fsp3) is 0.517. The number of piperidine rings is 1. The third kappa shape index (κ3) is 7.20. The van der Waals surface area contributed by atoms with E-state index in [2.05, 4.69) is 5.32 Å². The van der Waals surface area contributed by atoms with Gasteiger partial charge in [-0.05, 0) is 62.4 Å². The van der Waals surface area contributed by atoms with Crippen LogP contribution in [0.1, 0.15) is 54.9 Å². The molecular weight excluding hydrogens is 547 g/mol. The average molecular weight is 584 g/mol. The number of benzene rings is 2. The van der Waals surface area contributed by atoms with Crippen LogP contribution in [-0.2, 0) is 10.4 Å². The first-order valence-electron chi connectivity index (χ1n) is 13.3. The number of nitrogens with one attached hydrogen (secondary N) is 1. The zero-order chi connectivity index (χ0) is 29.7. The maximum atomic E-state index is 14.0. The van der Waals surface area contributed by atoms with Crippen LogP contribution in [0.3, 0.4) is 0 Å². The highest BCUT2D eigenvalue weighted by atomic mass is 35.5. The van der Waals surface area contributed by atoms with Crippen molar-refractivity contribution in [2.45, 2.75) is 56.8 Å². The number of halogens is 4.